The van der Waals surface area contributed by atoms with Gasteiger partial charge in [-0.3, -0.25) is 4.99 Å². The Morgan fingerprint density at radius 3 is 2.81 bits per heavy atom. The van der Waals surface area contributed by atoms with Gasteiger partial charge < -0.3 is 16.4 Å². The van der Waals surface area contributed by atoms with E-state index in [1.54, 1.807) is 31.7 Å². The molecule has 0 aromatic carbocycles. The molecule has 2 aromatic heterocycles. The van der Waals surface area contributed by atoms with Gasteiger partial charge in [-0.1, -0.05) is 0 Å². The van der Waals surface area contributed by atoms with Crippen molar-refractivity contribution in [1.82, 2.24) is 19.9 Å². The van der Waals surface area contributed by atoms with Gasteiger partial charge in [0.2, 0.25) is 11.6 Å². The third kappa shape index (κ3) is 3.46. The minimum absolute atomic E-state index is 0. The van der Waals surface area contributed by atoms with E-state index in [0.717, 1.165) is 0 Å². The molecule has 16 heavy (non-hydrogen) atoms. The third-order valence-corrected chi connectivity index (χ3v) is 1.64. The number of rotatable bonds is 2. The van der Waals surface area contributed by atoms with Gasteiger partial charge in [0.15, 0.2) is 0 Å². The molecule has 2 N–H and O–H groups in total. The van der Waals surface area contributed by atoms with Crippen LogP contribution in [0.15, 0.2) is 29.6 Å². The van der Waals surface area contributed by atoms with Crippen molar-refractivity contribution < 1.29 is 32.7 Å². The van der Waals surface area contributed by atoms with E-state index < -0.39 is 0 Å². The standard InChI is InChI=1S/C9H9N6.Y/c1-10-8-13-6-3-7(14-8)15-9-11-4-2-5-12-9;/h2,4-6H,1H3,(H2,10,11,12,13,14,15);/q-1;. The van der Waals surface area contributed by atoms with Crippen molar-refractivity contribution in [1.29, 1.82) is 0 Å². The third-order valence-electron chi connectivity index (χ3n) is 1.64. The summed E-state index contributed by atoms with van der Waals surface area (Å²) in [6.45, 7) is 0. The molecular weight excluding hydrogens is 281 g/mol. The van der Waals surface area contributed by atoms with Crippen molar-refractivity contribution in [3.8, 4) is 0 Å². The van der Waals surface area contributed by atoms with E-state index in [2.05, 4.69) is 36.3 Å². The molecule has 2 rings (SSSR count). The van der Waals surface area contributed by atoms with Gasteiger partial charge >= 0.3 is 0 Å². The van der Waals surface area contributed by atoms with Crippen LogP contribution in [0.4, 0.5) is 11.8 Å². The van der Waals surface area contributed by atoms with Crippen molar-refractivity contribution in [2.24, 2.45) is 4.99 Å². The van der Waals surface area contributed by atoms with Crippen LogP contribution in [0.3, 0.4) is 0 Å². The Morgan fingerprint density at radius 1 is 1.38 bits per heavy atom. The van der Waals surface area contributed by atoms with Gasteiger partial charge in [0.1, 0.15) is 0 Å². The minimum Gasteiger partial charge on any atom is -0.410 e. The molecule has 0 saturated heterocycles. The minimum atomic E-state index is 0. The summed E-state index contributed by atoms with van der Waals surface area (Å²) in [5, 5.41) is 2.91. The van der Waals surface area contributed by atoms with Crippen LogP contribution in [-0.2, 0) is 32.7 Å². The Morgan fingerprint density at radius 2 is 2.12 bits per heavy atom. The van der Waals surface area contributed by atoms with Crippen LogP contribution in [-0.4, -0.2) is 27.0 Å². The topological polar surface area (TPSA) is 78.8 Å². The molecule has 79 valence electrons. The predicted molar refractivity (Wildman–Crippen MR) is 54.2 cm³/mol. The van der Waals surface area contributed by atoms with E-state index in [-0.39, 0.29) is 32.7 Å². The number of hydrogen-bond acceptors (Lipinski definition) is 5. The molecule has 1 radical (unpaired) electrons. The van der Waals surface area contributed by atoms with E-state index in [1.165, 1.54) is 0 Å². The molecule has 0 aliphatic carbocycles. The molecule has 0 bridgehead atoms. The summed E-state index contributed by atoms with van der Waals surface area (Å²) in [5.41, 5.74) is 0.521. The molecule has 0 amide bonds. The van der Waals surface area contributed by atoms with E-state index in [1.807, 2.05) is 0 Å². The molecule has 0 aliphatic rings. The monoisotopic (exact) mass is 290 g/mol. The number of nitrogens with zero attached hydrogens (tertiary/aromatic N) is 4. The molecule has 0 unspecified atom stereocenters. The number of anilines is 2. The number of H-pyrrole nitrogens is 1. The second-order valence-corrected chi connectivity index (χ2v) is 2.64. The normalized spacial score (nSPS) is 10.7. The van der Waals surface area contributed by atoms with Crippen molar-refractivity contribution in [3.05, 3.63) is 36.3 Å². The smallest absolute Gasteiger partial charge is 0.225 e. The fourth-order valence-corrected chi connectivity index (χ4v) is 0.988. The summed E-state index contributed by atoms with van der Waals surface area (Å²) in [6, 6.07) is 4.62. The molecule has 0 fully saturated rings. The molecule has 0 aliphatic heterocycles. The second-order valence-electron chi connectivity index (χ2n) is 2.64. The zero-order chi connectivity index (χ0) is 10.5. The molecule has 7 heteroatoms. The van der Waals surface area contributed by atoms with Crippen LogP contribution in [0.2, 0.25) is 0 Å². The van der Waals surface area contributed by atoms with Crippen molar-refractivity contribution in [2.75, 3.05) is 12.4 Å². The Kier molecular flexibility index (Phi) is 5.21. The van der Waals surface area contributed by atoms with E-state index in [9.17, 15) is 0 Å². The van der Waals surface area contributed by atoms with Gasteiger partial charge in [0, 0.05) is 52.2 Å². The van der Waals surface area contributed by atoms with E-state index >= 15 is 0 Å². The van der Waals surface area contributed by atoms with Gasteiger partial charge in [-0.15, -0.1) is 0 Å². The van der Waals surface area contributed by atoms with Crippen molar-refractivity contribution in [3.63, 3.8) is 0 Å². The van der Waals surface area contributed by atoms with Crippen molar-refractivity contribution >= 4 is 11.8 Å². The fourth-order valence-electron chi connectivity index (χ4n) is 0.988. The summed E-state index contributed by atoms with van der Waals surface area (Å²) in [4.78, 5) is 18.9. The van der Waals surface area contributed by atoms with Crippen LogP contribution in [0, 0.1) is 6.07 Å². The number of aromatic amines is 1. The van der Waals surface area contributed by atoms with E-state index in [0.29, 0.717) is 17.4 Å². The Hall–Kier alpha value is -1.14. The molecular formula is C9H9N6Y-. The quantitative estimate of drug-likeness (QED) is 0.778. The molecule has 2 aromatic rings. The molecule has 0 spiro atoms. The summed E-state index contributed by atoms with van der Waals surface area (Å²) in [5.74, 6) is 1.01. The van der Waals surface area contributed by atoms with Gasteiger partial charge in [-0.05, 0) is 11.9 Å². The van der Waals surface area contributed by atoms with Gasteiger partial charge in [0.05, 0.1) is 0 Å². The van der Waals surface area contributed by atoms with Crippen LogP contribution in [0.1, 0.15) is 0 Å². The number of hydrogen-bond donors (Lipinski definition) is 2. The van der Waals surface area contributed by atoms with Gasteiger partial charge in [0.25, 0.3) is 0 Å². The fraction of sp³-hybridized carbons (Fsp3) is 0.111. The summed E-state index contributed by atoms with van der Waals surface area (Å²) in [6.07, 6.45) is 4.92. The van der Waals surface area contributed by atoms with E-state index in [4.69, 9.17) is 0 Å². The average molecular weight is 290 g/mol. The predicted octanol–water partition coefficient (Wildman–Crippen LogP) is 0.271. The maximum Gasteiger partial charge on any atom is 0.225 e. The van der Waals surface area contributed by atoms with Crippen molar-refractivity contribution in [2.45, 2.75) is 0 Å². The zero-order valence-corrected chi connectivity index (χ0v) is 11.5. The van der Waals surface area contributed by atoms with Gasteiger partial charge in [-0.2, -0.15) is 6.20 Å². The van der Waals surface area contributed by atoms with Crippen LogP contribution < -0.4 is 10.9 Å². The van der Waals surface area contributed by atoms with Crippen LogP contribution in [0.5, 0.6) is 0 Å². The molecule has 6 nitrogen and oxygen atoms in total. The maximum absolute atomic E-state index is 4.12. The molecule has 0 atom stereocenters. The van der Waals surface area contributed by atoms with Crippen LogP contribution in [0.25, 0.3) is 0 Å². The number of nitrogens with one attached hydrogen (secondary N) is 2. The maximum atomic E-state index is 4.12. The second kappa shape index (κ2) is 6.45. The first-order valence-corrected chi connectivity index (χ1v) is 4.33. The first kappa shape index (κ1) is 12.9. The van der Waals surface area contributed by atoms with Crippen LogP contribution >= 0.6 is 0 Å². The first-order valence-electron chi connectivity index (χ1n) is 4.33. The summed E-state index contributed by atoms with van der Waals surface area (Å²) in [7, 11) is 1.65. The SMILES string of the molecule is CN=c1nc(Nc2ncccn2)[c-]c[nH]1.[Y]. The Balaban J connectivity index is 0.00000128. The Bertz CT molecular complexity index is 495. The summed E-state index contributed by atoms with van der Waals surface area (Å²) < 4.78 is 0. The number of aromatic nitrogens is 4. The Labute approximate surface area is 118 Å². The largest absolute Gasteiger partial charge is 0.410 e. The molecule has 0 saturated carbocycles. The first-order chi connectivity index (χ1) is 7.38. The summed E-state index contributed by atoms with van der Waals surface area (Å²) >= 11 is 0. The average Bonchev–Trinajstić information content (AvgIpc) is 2.31. The zero-order valence-electron chi connectivity index (χ0n) is 8.68. The molecule has 2 heterocycles. The van der Waals surface area contributed by atoms with Gasteiger partial charge in [-0.25, -0.2) is 15.0 Å².